The molecular weight excluding hydrogens is 375 g/mol. The Labute approximate surface area is 160 Å². The lowest BCUT2D eigenvalue weighted by molar-refractivity contribution is 0.102. The molecule has 8 heteroatoms. The lowest BCUT2D eigenvalue weighted by Gasteiger charge is -2.08. The molecule has 6 nitrogen and oxygen atoms in total. The van der Waals surface area contributed by atoms with Gasteiger partial charge in [-0.3, -0.25) is 4.79 Å². The predicted molar refractivity (Wildman–Crippen MR) is 103 cm³/mol. The highest BCUT2D eigenvalue weighted by atomic mass is 35.5. The Morgan fingerprint density at radius 3 is 2.54 bits per heavy atom. The van der Waals surface area contributed by atoms with Crippen molar-refractivity contribution in [3.8, 4) is 5.75 Å². The maximum atomic E-state index is 12.3. The highest BCUT2D eigenvalue weighted by molar-refractivity contribution is 6.32. The summed E-state index contributed by atoms with van der Waals surface area (Å²) >= 11 is 12.0. The summed E-state index contributed by atoms with van der Waals surface area (Å²) in [7, 11) is 1.52. The molecule has 0 fully saturated rings. The zero-order valence-electron chi connectivity index (χ0n) is 13.7. The second-order valence-corrected chi connectivity index (χ2v) is 6.07. The first-order chi connectivity index (χ1) is 12.5. The van der Waals surface area contributed by atoms with Crippen LogP contribution in [-0.2, 0) is 0 Å². The topological polar surface area (TPSA) is 76.1 Å². The Bertz CT molecular complexity index is 933. The molecule has 2 aromatic carbocycles. The molecule has 0 saturated carbocycles. The van der Waals surface area contributed by atoms with Gasteiger partial charge >= 0.3 is 0 Å². The van der Waals surface area contributed by atoms with Crippen molar-refractivity contribution < 1.29 is 9.53 Å². The normalized spacial score (nSPS) is 10.3. The fourth-order valence-electron chi connectivity index (χ4n) is 2.16. The Morgan fingerprint density at radius 1 is 1.04 bits per heavy atom. The minimum atomic E-state index is -0.395. The minimum absolute atomic E-state index is 0.175. The molecule has 0 saturated heterocycles. The fourth-order valence-corrected chi connectivity index (χ4v) is 2.61. The Hall–Kier alpha value is -2.83. The van der Waals surface area contributed by atoms with E-state index in [0.717, 1.165) is 5.69 Å². The van der Waals surface area contributed by atoms with E-state index in [2.05, 4.69) is 20.6 Å². The lowest BCUT2D eigenvalue weighted by atomic mass is 10.3. The van der Waals surface area contributed by atoms with Crippen LogP contribution in [0.1, 0.15) is 10.5 Å². The molecule has 0 radical (unpaired) electrons. The Balaban J connectivity index is 1.68. The first-order valence-electron chi connectivity index (χ1n) is 7.54. The highest BCUT2D eigenvalue weighted by Gasteiger charge is 2.10. The molecule has 2 N–H and O–H groups in total. The number of nitrogens with zero attached hydrogens (tertiary/aromatic N) is 2. The molecule has 3 rings (SSSR count). The van der Waals surface area contributed by atoms with Gasteiger partial charge < -0.3 is 15.4 Å². The second kappa shape index (κ2) is 8.03. The Kier molecular flexibility index (Phi) is 5.55. The van der Waals surface area contributed by atoms with E-state index in [9.17, 15) is 4.79 Å². The van der Waals surface area contributed by atoms with Gasteiger partial charge in [-0.25, -0.2) is 9.97 Å². The summed E-state index contributed by atoms with van der Waals surface area (Å²) in [6.07, 6.45) is 2.85. The maximum Gasteiger partial charge on any atom is 0.275 e. The number of halogens is 2. The number of aromatic nitrogens is 2. The van der Waals surface area contributed by atoms with Gasteiger partial charge in [-0.2, -0.15) is 0 Å². The SMILES string of the molecule is COc1ccc(NC(=O)c2cnc(Nc3cccc(Cl)c3)cn2)cc1Cl. The first-order valence-corrected chi connectivity index (χ1v) is 8.30. The number of anilines is 3. The van der Waals surface area contributed by atoms with Gasteiger partial charge in [0.1, 0.15) is 17.3 Å². The van der Waals surface area contributed by atoms with Gasteiger partial charge in [0, 0.05) is 16.4 Å². The van der Waals surface area contributed by atoms with E-state index in [0.29, 0.717) is 27.3 Å². The first kappa shape index (κ1) is 18.0. The summed E-state index contributed by atoms with van der Waals surface area (Å²) in [6.45, 7) is 0. The summed E-state index contributed by atoms with van der Waals surface area (Å²) < 4.78 is 5.08. The van der Waals surface area contributed by atoms with Gasteiger partial charge in [0.15, 0.2) is 0 Å². The zero-order valence-corrected chi connectivity index (χ0v) is 15.2. The van der Waals surface area contributed by atoms with Crippen LogP contribution in [0, 0.1) is 0 Å². The van der Waals surface area contributed by atoms with E-state index < -0.39 is 5.91 Å². The van der Waals surface area contributed by atoms with Crippen LogP contribution < -0.4 is 15.4 Å². The van der Waals surface area contributed by atoms with Crippen molar-refractivity contribution in [2.24, 2.45) is 0 Å². The number of ether oxygens (including phenoxy) is 1. The predicted octanol–water partition coefficient (Wildman–Crippen LogP) is 4.79. The lowest BCUT2D eigenvalue weighted by Crippen LogP contribution is -2.14. The van der Waals surface area contributed by atoms with Crippen LogP contribution in [0.2, 0.25) is 10.0 Å². The van der Waals surface area contributed by atoms with Crippen LogP contribution in [0.15, 0.2) is 54.9 Å². The molecule has 0 aliphatic carbocycles. The number of benzene rings is 2. The average Bonchev–Trinajstić information content (AvgIpc) is 2.62. The summed E-state index contributed by atoms with van der Waals surface area (Å²) in [5, 5.41) is 6.78. The molecule has 0 unspecified atom stereocenters. The van der Waals surface area contributed by atoms with E-state index in [1.165, 1.54) is 19.5 Å². The van der Waals surface area contributed by atoms with Crippen LogP contribution in [0.3, 0.4) is 0 Å². The standard InChI is InChI=1S/C18H14Cl2N4O2/c1-26-16-6-5-13(8-14(16)20)24-18(25)15-9-22-17(10-21-15)23-12-4-2-3-11(19)7-12/h2-10H,1H3,(H,22,23)(H,24,25). The van der Waals surface area contributed by atoms with Crippen molar-refractivity contribution in [2.75, 3.05) is 17.7 Å². The molecule has 132 valence electrons. The third-order valence-corrected chi connectivity index (χ3v) is 3.92. The van der Waals surface area contributed by atoms with E-state index in [1.807, 2.05) is 12.1 Å². The molecule has 26 heavy (non-hydrogen) atoms. The van der Waals surface area contributed by atoms with Crippen LogP contribution in [-0.4, -0.2) is 23.0 Å². The third-order valence-electron chi connectivity index (χ3n) is 3.39. The van der Waals surface area contributed by atoms with Crippen molar-refractivity contribution in [3.05, 3.63) is 70.6 Å². The number of methoxy groups -OCH3 is 1. The quantitative estimate of drug-likeness (QED) is 0.656. The van der Waals surface area contributed by atoms with E-state index in [4.69, 9.17) is 27.9 Å². The number of carbonyl (C=O) groups is 1. The van der Waals surface area contributed by atoms with Gasteiger partial charge in [0.25, 0.3) is 5.91 Å². The van der Waals surface area contributed by atoms with Crippen molar-refractivity contribution in [1.29, 1.82) is 0 Å². The Morgan fingerprint density at radius 2 is 1.88 bits per heavy atom. The van der Waals surface area contributed by atoms with Crippen molar-refractivity contribution in [3.63, 3.8) is 0 Å². The van der Waals surface area contributed by atoms with Crippen molar-refractivity contribution in [2.45, 2.75) is 0 Å². The number of nitrogens with one attached hydrogen (secondary N) is 2. The van der Waals surface area contributed by atoms with Crippen LogP contribution in [0.25, 0.3) is 0 Å². The summed E-state index contributed by atoms with van der Waals surface area (Å²) in [5.74, 6) is 0.630. The van der Waals surface area contributed by atoms with Gasteiger partial charge in [0.05, 0.1) is 24.5 Å². The highest BCUT2D eigenvalue weighted by Crippen LogP contribution is 2.27. The van der Waals surface area contributed by atoms with E-state index in [-0.39, 0.29) is 5.69 Å². The summed E-state index contributed by atoms with van der Waals surface area (Å²) in [6, 6.07) is 12.2. The van der Waals surface area contributed by atoms with E-state index in [1.54, 1.807) is 30.3 Å². The maximum absolute atomic E-state index is 12.3. The molecule has 1 heterocycles. The van der Waals surface area contributed by atoms with Crippen molar-refractivity contribution >= 4 is 46.3 Å². The number of hydrogen-bond acceptors (Lipinski definition) is 5. The summed E-state index contributed by atoms with van der Waals surface area (Å²) in [4.78, 5) is 20.6. The van der Waals surface area contributed by atoms with Crippen molar-refractivity contribution in [1.82, 2.24) is 9.97 Å². The second-order valence-electron chi connectivity index (χ2n) is 5.23. The van der Waals surface area contributed by atoms with Gasteiger partial charge in [-0.15, -0.1) is 0 Å². The van der Waals surface area contributed by atoms with Crippen LogP contribution in [0.4, 0.5) is 17.2 Å². The average molecular weight is 389 g/mol. The van der Waals surface area contributed by atoms with Gasteiger partial charge in [0.2, 0.25) is 0 Å². The number of rotatable bonds is 5. The smallest absolute Gasteiger partial charge is 0.275 e. The summed E-state index contributed by atoms with van der Waals surface area (Å²) in [5.41, 5.74) is 1.48. The molecule has 0 aliphatic rings. The van der Waals surface area contributed by atoms with Gasteiger partial charge in [-0.05, 0) is 36.4 Å². The number of hydrogen-bond donors (Lipinski definition) is 2. The largest absolute Gasteiger partial charge is 0.495 e. The molecule has 0 bridgehead atoms. The number of amides is 1. The van der Waals surface area contributed by atoms with Crippen LogP contribution in [0.5, 0.6) is 5.75 Å². The third kappa shape index (κ3) is 4.41. The molecule has 0 aliphatic heterocycles. The monoisotopic (exact) mass is 388 g/mol. The molecule has 1 aromatic heterocycles. The van der Waals surface area contributed by atoms with Gasteiger partial charge in [-0.1, -0.05) is 29.3 Å². The number of carbonyl (C=O) groups excluding carboxylic acids is 1. The fraction of sp³-hybridized carbons (Fsp3) is 0.0556. The van der Waals surface area contributed by atoms with E-state index >= 15 is 0 Å². The molecule has 0 spiro atoms. The van der Waals surface area contributed by atoms with Crippen LogP contribution >= 0.6 is 23.2 Å². The molecule has 1 amide bonds. The molecular formula is C18H14Cl2N4O2. The molecule has 0 atom stereocenters. The zero-order chi connectivity index (χ0) is 18.5. The minimum Gasteiger partial charge on any atom is -0.495 e. The molecule has 3 aromatic rings.